The number of halogens is 3. The molecular weight excluding hydrogens is 445 g/mol. The second kappa shape index (κ2) is 8.47. The highest BCUT2D eigenvalue weighted by atomic mass is 19.4. The number of nitriles is 1. The van der Waals surface area contributed by atoms with Gasteiger partial charge in [0.15, 0.2) is 0 Å². The Hall–Kier alpha value is -2.76. The van der Waals surface area contributed by atoms with Gasteiger partial charge in [-0.05, 0) is 74.5 Å². The monoisotopic (exact) mass is 474 g/mol. The summed E-state index contributed by atoms with van der Waals surface area (Å²) in [5.74, 6) is 0.435. The lowest BCUT2D eigenvalue weighted by Crippen LogP contribution is -2.46. The van der Waals surface area contributed by atoms with Crippen molar-refractivity contribution in [3.05, 3.63) is 29.3 Å². The maximum atomic E-state index is 13.4. The van der Waals surface area contributed by atoms with E-state index in [0.29, 0.717) is 56.9 Å². The normalized spacial score (nSPS) is 24.2. The minimum Gasteiger partial charge on any atom is -0.371 e. The van der Waals surface area contributed by atoms with Gasteiger partial charge in [0.25, 0.3) is 0 Å². The SMILES string of the molecule is N#Cc1ccc(N2CCC3(CC2)CC(C(=O)NC2CC2)N(C(=O)CC2CC2)C3)cc1C(F)(F)F. The molecule has 2 saturated heterocycles. The molecule has 1 atom stereocenters. The van der Waals surface area contributed by atoms with Gasteiger partial charge < -0.3 is 15.1 Å². The van der Waals surface area contributed by atoms with Crippen LogP contribution in [0.3, 0.4) is 0 Å². The zero-order valence-electron chi connectivity index (χ0n) is 19.0. The topological polar surface area (TPSA) is 76.4 Å². The summed E-state index contributed by atoms with van der Waals surface area (Å²) in [6, 6.07) is 5.25. The Balaban J connectivity index is 1.30. The van der Waals surface area contributed by atoms with Crippen LogP contribution in [-0.4, -0.2) is 48.4 Å². The lowest BCUT2D eigenvalue weighted by atomic mass is 9.76. The molecule has 1 spiro atoms. The maximum absolute atomic E-state index is 13.4. The van der Waals surface area contributed by atoms with Gasteiger partial charge in [-0.25, -0.2) is 0 Å². The largest absolute Gasteiger partial charge is 0.417 e. The molecule has 182 valence electrons. The summed E-state index contributed by atoms with van der Waals surface area (Å²) in [4.78, 5) is 29.7. The Morgan fingerprint density at radius 1 is 1.15 bits per heavy atom. The fourth-order valence-electron chi connectivity index (χ4n) is 5.43. The highest BCUT2D eigenvalue weighted by molar-refractivity contribution is 5.89. The van der Waals surface area contributed by atoms with Crippen LogP contribution in [0.25, 0.3) is 0 Å². The first kappa shape index (κ1) is 23.0. The number of rotatable bonds is 5. The summed E-state index contributed by atoms with van der Waals surface area (Å²) in [7, 11) is 0. The van der Waals surface area contributed by atoms with Gasteiger partial charge in [-0.1, -0.05) is 0 Å². The molecule has 1 aromatic rings. The number of benzene rings is 1. The average Bonchev–Trinajstić information content (AvgIpc) is 3.74. The van der Waals surface area contributed by atoms with Crippen LogP contribution in [0.1, 0.15) is 62.5 Å². The number of nitrogens with zero attached hydrogens (tertiary/aromatic N) is 3. The molecule has 1 aromatic carbocycles. The summed E-state index contributed by atoms with van der Waals surface area (Å²) in [6.07, 6.45) is 2.04. The van der Waals surface area contributed by atoms with Gasteiger partial charge in [0.1, 0.15) is 6.04 Å². The molecule has 9 heteroatoms. The Bertz CT molecular complexity index is 982. The number of anilines is 1. The zero-order chi connectivity index (χ0) is 24.1. The fourth-order valence-corrected chi connectivity index (χ4v) is 5.43. The minimum absolute atomic E-state index is 0.0552. The quantitative estimate of drug-likeness (QED) is 0.704. The van der Waals surface area contributed by atoms with Crippen LogP contribution >= 0.6 is 0 Å². The molecule has 0 radical (unpaired) electrons. The average molecular weight is 475 g/mol. The molecule has 0 aromatic heterocycles. The molecule has 5 rings (SSSR count). The van der Waals surface area contributed by atoms with E-state index in [0.717, 1.165) is 31.7 Å². The van der Waals surface area contributed by atoms with Crippen LogP contribution in [0.5, 0.6) is 0 Å². The molecule has 2 heterocycles. The van der Waals surface area contributed by atoms with Crippen molar-refractivity contribution >= 4 is 17.5 Å². The third-order valence-electron chi connectivity index (χ3n) is 7.83. The van der Waals surface area contributed by atoms with E-state index in [1.807, 2.05) is 4.90 Å². The van der Waals surface area contributed by atoms with E-state index in [4.69, 9.17) is 5.26 Å². The molecule has 4 fully saturated rings. The molecule has 2 amide bonds. The van der Waals surface area contributed by atoms with Gasteiger partial charge in [-0.2, -0.15) is 18.4 Å². The Morgan fingerprint density at radius 2 is 1.85 bits per heavy atom. The summed E-state index contributed by atoms with van der Waals surface area (Å²) in [5, 5.41) is 12.1. The van der Waals surface area contributed by atoms with E-state index >= 15 is 0 Å². The van der Waals surface area contributed by atoms with Crippen molar-refractivity contribution in [3.63, 3.8) is 0 Å². The molecule has 34 heavy (non-hydrogen) atoms. The summed E-state index contributed by atoms with van der Waals surface area (Å²) >= 11 is 0. The van der Waals surface area contributed by atoms with Gasteiger partial charge in [-0.3, -0.25) is 9.59 Å². The number of alkyl halides is 3. The van der Waals surface area contributed by atoms with Gasteiger partial charge in [-0.15, -0.1) is 0 Å². The minimum atomic E-state index is -4.59. The maximum Gasteiger partial charge on any atom is 0.417 e. The number of likely N-dealkylation sites (tertiary alicyclic amines) is 1. The van der Waals surface area contributed by atoms with Gasteiger partial charge in [0, 0.05) is 37.8 Å². The summed E-state index contributed by atoms with van der Waals surface area (Å²) < 4.78 is 40.2. The zero-order valence-corrected chi connectivity index (χ0v) is 19.0. The van der Waals surface area contributed by atoms with Crippen LogP contribution in [0, 0.1) is 22.7 Å². The second-order valence-corrected chi connectivity index (χ2v) is 10.5. The second-order valence-electron chi connectivity index (χ2n) is 10.5. The number of hydrogen-bond acceptors (Lipinski definition) is 4. The summed E-state index contributed by atoms with van der Waals surface area (Å²) in [6.45, 7) is 1.63. The fraction of sp³-hybridized carbons (Fsp3) is 0.640. The molecule has 6 nitrogen and oxygen atoms in total. The van der Waals surface area contributed by atoms with Crippen molar-refractivity contribution in [2.24, 2.45) is 11.3 Å². The van der Waals surface area contributed by atoms with Crippen molar-refractivity contribution in [3.8, 4) is 6.07 Å². The van der Waals surface area contributed by atoms with Crippen LogP contribution in [0.15, 0.2) is 18.2 Å². The number of amides is 2. The van der Waals surface area contributed by atoms with Crippen LogP contribution in [0.4, 0.5) is 18.9 Å². The standard InChI is InChI=1S/C25H29F3N4O2/c26-25(27,28)20-12-19(6-3-17(20)14-29)31-9-7-24(8-10-31)13-21(23(34)30-18-4-5-18)32(15-24)22(33)11-16-1-2-16/h3,6,12,16,18,21H,1-2,4-5,7-11,13,15H2,(H,30,34). The number of carbonyl (C=O) groups excluding carboxylic acids is 2. The lowest BCUT2D eigenvalue weighted by molar-refractivity contribution is -0.138. The van der Waals surface area contributed by atoms with E-state index in [2.05, 4.69) is 5.32 Å². The molecule has 1 N–H and O–H groups in total. The molecule has 1 unspecified atom stereocenters. The highest BCUT2D eigenvalue weighted by Gasteiger charge is 2.50. The molecule has 2 aliphatic heterocycles. The van der Waals surface area contributed by atoms with E-state index in [1.165, 1.54) is 6.07 Å². The first-order chi connectivity index (χ1) is 16.2. The first-order valence-corrected chi connectivity index (χ1v) is 12.1. The Kier molecular flexibility index (Phi) is 5.73. The van der Waals surface area contributed by atoms with Crippen molar-refractivity contribution in [1.29, 1.82) is 5.26 Å². The predicted octanol–water partition coefficient (Wildman–Crippen LogP) is 3.84. The summed E-state index contributed by atoms with van der Waals surface area (Å²) in [5.41, 5.74) is -1.04. The van der Waals surface area contributed by atoms with Crippen molar-refractivity contribution in [1.82, 2.24) is 10.2 Å². The number of nitrogens with one attached hydrogen (secondary N) is 1. The van der Waals surface area contributed by atoms with Crippen LogP contribution in [-0.2, 0) is 15.8 Å². The van der Waals surface area contributed by atoms with Crippen molar-refractivity contribution in [2.75, 3.05) is 24.5 Å². The first-order valence-electron chi connectivity index (χ1n) is 12.1. The Morgan fingerprint density at radius 3 is 2.44 bits per heavy atom. The van der Waals surface area contributed by atoms with E-state index in [-0.39, 0.29) is 28.8 Å². The molecule has 2 aliphatic carbocycles. The Labute approximate surface area is 197 Å². The predicted molar refractivity (Wildman–Crippen MR) is 119 cm³/mol. The van der Waals surface area contributed by atoms with Gasteiger partial charge >= 0.3 is 6.18 Å². The molecule has 2 saturated carbocycles. The third kappa shape index (κ3) is 4.73. The molecule has 4 aliphatic rings. The lowest BCUT2D eigenvalue weighted by Gasteiger charge is -2.40. The van der Waals surface area contributed by atoms with Crippen molar-refractivity contribution in [2.45, 2.75) is 69.6 Å². The van der Waals surface area contributed by atoms with E-state index < -0.39 is 17.8 Å². The van der Waals surface area contributed by atoms with Crippen LogP contribution in [0.2, 0.25) is 0 Å². The van der Waals surface area contributed by atoms with Crippen molar-refractivity contribution < 1.29 is 22.8 Å². The molecular formula is C25H29F3N4O2. The number of piperidine rings is 1. The highest BCUT2D eigenvalue weighted by Crippen LogP contribution is 2.46. The smallest absolute Gasteiger partial charge is 0.371 e. The molecule has 0 bridgehead atoms. The number of carbonyl (C=O) groups is 2. The van der Waals surface area contributed by atoms with E-state index in [9.17, 15) is 22.8 Å². The number of hydrogen-bond donors (Lipinski definition) is 1. The van der Waals surface area contributed by atoms with Crippen LogP contribution < -0.4 is 10.2 Å². The van der Waals surface area contributed by atoms with Gasteiger partial charge in [0.2, 0.25) is 11.8 Å². The van der Waals surface area contributed by atoms with Gasteiger partial charge in [0.05, 0.1) is 17.2 Å². The van der Waals surface area contributed by atoms with E-state index in [1.54, 1.807) is 17.0 Å². The third-order valence-corrected chi connectivity index (χ3v) is 7.83.